The molecule has 0 aliphatic heterocycles. The van der Waals surface area contributed by atoms with Crippen molar-refractivity contribution in [1.82, 2.24) is 0 Å². The van der Waals surface area contributed by atoms with Crippen LogP contribution in [0.3, 0.4) is 0 Å². The smallest absolute Gasteiger partial charge is 0.0532 e. The van der Waals surface area contributed by atoms with Crippen LogP contribution in [0.1, 0.15) is 33.1 Å². The Hall–Kier alpha value is 0.290. The van der Waals surface area contributed by atoms with Crippen LogP contribution >= 0.6 is 11.6 Å². The number of halogens is 1. The fourth-order valence-electron chi connectivity index (χ4n) is 1.84. The van der Waals surface area contributed by atoms with E-state index < -0.39 is 0 Å². The highest BCUT2D eigenvalue weighted by Gasteiger charge is 2.66. The minimum atomic E-state index is 0.229. The van der Waals surface area contributed by atoms with Crippen LogP contribution in [0.25, 0.3) is 0 Å². The summed E-state index contributed by atoms with van der Waals surface area (Å²) in [4.78, 5) is 0.229. The molecule has 52 valence electrons. The van der Waals surface area contributed by atoms with Crippen molar-refractivity contribution < 1.29 is 0 Å². The summed E-state index contributed by atoms with van der Waals surface area (Å²) in [5.41, 5.74) is 0.454. The molecule has 2 aliphatic rings. The Morgan fingerprint density at radius 2 is 1.78 bits per heavy atom. The Morgan fingerprint density at radius 3 is 1.89 bits per heavy atom. The molecule has 0 saturated heterocycles. The van der Waals surface area contributed by atoms with Crippen LogP contribution in [0.2, 0.25) is 0 Å². The van der Waals surface area contributed by atoms with Crippen molar-refractivity contribution in [2.45, 2.75) is 38.0 Å². The first-order valence-corrected chi connectivity index (χ1v) is 4.13. The maximum Gasteiger partial charge on any atom is 0.0532 e. The predicted molar refractivity (Wildman–Crippen MR) is 39.7 cm³/mol. The molecule has 0 radical (unpaired) electrons. The van der Waals surface area contributed by atoms with Crippen molar-refractivity contribution in [3.8, 4) is 0 Å². The third kappa shape index (κ3) is 0.660. The van der Waals surface area contributed by atoms with Crippen molar-refractivity contribution >= 4 is 11.6 Å². The van der Waals surface area contributed by atoms with Gasteiger partial charge in [0.05, 0.1) is 4.87 Å². The Labute approximate surface area is 61.6 Å². The second-order valence-electron chi connectivity index (χ2n) is 4.20. The molecule has 2 saturated carbocycles. The molecule has 0 N–H and O–H groups in total. The molecule has 0 aromatic heterocycles. The summed E-state index contributed by atoms with van der Waals surface area (Å²) in [6, 6.07) is 0. The standard InChI is InChI=1S/C8H13Cl/c1-7(2)5-8(7,9)6-3-4-6/h6H,3-5H2,1-2H3. The highest BCUT2D eigenvalue weighted by molar-refractivity contribution is 6.27. The predicted octanol–water partition coefficient (Wildman–Crippen LogP) is 2.80. The minimum absolute atomic E-state index is 0.229. The molecule has 1 atom stereocenters. The van der Waals surface area contributed by atoms with Crippen molar-refractivity contribution in [2.24, 2.45) is 11.3 Å². The normalized spacial score (nSPS) is 47.0. The van der Waals surface area contributed by atoms with Crippen LogP contribution in [-0.2, 0) is 0 Å². The van der Waals surface area contributed by atoms with Gasteiger partial charge in [-0.1, -0.05) is 13.8 Å². The van der Waals surface area contributed by atoms with Gasteiger partial charge in [-0.3, -0.25) is 0 Å². The lowest BCUT2D eigenvalue weighted by Crippen LogP contribution is -2.09. The van der Waals surface area contributed by atoms with E-state index in [2.05, 4.69) is 13.8 Å². The summed E-state index contributed by atoms with van der Waals surface area (Å²) in [6.45, 7) is 4.55. The van der Waals surface area contributed by atoms with E-state index in [1.807, 2.05) is 0 Å². The first kappa shape index (κ1) is 6.03. The van der Waals surface area contributed by atoms with Gasteiger partial charge in [-0.2, -0.15) is 0 Å². The molecular formula is C8H13Cl. The van der Waals surface area contributed by atoms with E-state index in [9.17, 15) is 0 Å². The van der Waals surface area contributed by atoms with Gasteiger partial charge >= 0.3 is 0 Å². The molecule has 0 amide bonds. The first-order chi connectivity index (χ1) is 4.06. The molecule has 0 bridgehead atoms. The Morgan fingerprint density at radius 1 is 1.33 bits per heavy atom. The fraction of sp³-hybridized carbons (Fsp3) is 1.00. The van der Waals surface area contributed by atoms with Crippen LogP contribution < -0.4 is 0 Å². The van der Waals surface area contributed by atoms with Crippen LogP contribution in [0.5, 0.6) is 0 Å². The molecule has 9 heavy (non-hydrogen) atoms. The molecule has 1 heteroatoms. The van der Waals surface area contributed by atoms with Gasteiger partial charge in [0.2, 0.25) is 0 Å². The molecule has 2 fully saturated rings. The lowest BCUT2D eigenvalue weighted by atomic mass is 10.1. The SMILES string of the molecule is CC1(C)CC1(Cl)C1CC1. The van der Waals surface area contributed by atoms with Crippen molar-refractivity contribution in [1.29, 1.82) is 0 Å². The van der Waals surface area contributed by atoms with Gasteiger partial charge in [0.1, 0.15) is 0 Å². The molecule has 0 spiro atoms. The summed E-state index contributed by atoms with van der Waals surface area (Å²) in [6.07, 6.45) is 4.01. The molecule has 1 unspecified atom stereocenters. The monoisotopic (exact) mass is 144 g/mol. The largest absolute Gasteiger partial charge is 0.118 e. The lowest BCUT2D eigenvalue weighted by molar-refractivity contribution is 0.544. The zero-order chi connectivity index (χ0) is 6.70. The molecule has 2 rings (SSSR count). The van der Waals surface area contributed by atoms with Gasteiger partial charge in [-0.05, 0) is 30.6 Å². The van der Waals surface area contributed by atoms with Gasteiger partial charge in [0, 0.05) is 0 Å². The minimum Gasteiger partial charge on any atom is -0.118 e. The summed E-state index contributed by atoms with van der Waals surface area (Å²) in [5.74, 6) is 0.870. The van der Waals surface area contributed by atoms with Gasteiger partial charge in [0.15, 0.2) is 0 Å². The zero-order valence-corrected chi connectivity index (χ0v) is 6.83. The maximum absolute atomic E-state index is 6.33. The van der Waals surface area contributed by atoms with Crippen LogP contribution in [0.4, 0.5) is 0 Å². The van der Waals surface area contributed by atoms with Crippen molar-refractivity contribution in [3.63, 3.8) is 0 Å². The van der Waals surface area contributed by atoms with E-state index in [1.54, 1.807) is 0 Å². The third-order valence-electron chi connectivity index (χ3n) is 2.92. The average molecular weight is 145 g/mol. The highest BCUT2D eigenvalue weighted by atomic mass is 35.5. The summed E-state index contributed by atoms with van der Waals surface area (Å²) < 4.78 is 0. The van der Waals surface area contributed by atoms with Crippen molar-refractivity contribution in [3.05, 3.63) is 0 Å². The summed E-state index contributed by atoms with van der Waals surface area (Å²) >= 11 is 6.33. The lowest BCUT2D eigenvalue weighted by Gasteiger charge is -2.09. The second kappa shape index (κ2) is 1.32. The van der Waals surface area contributed by atoms with Crippen LogP contribution in [0, 0.1) is 11.3 Å². The van der Waals surface area contributed by atoms with Crippen LogP contribution in [-0.4, -0.2) is 4.87 Å². The second-order valence-corrected chi connectivity index (χ2v) is 4.87. The average Bonchev–Trinajstić information content (AvgIpc) is 2.45. The third-order valence-corrected chi connectivity index (χ3v) is 3.88. The molecule has 0 aromatic rings. The fourth-order valence-corrected chi connectivity index (χ4v) is 2.39. The summed E-state index contributed by atoms with van der Waals surface area (Å²) in [5, 5.41) is 0. The van der Waals surface area contributed by atoms with Gasteiger partial charge in [-0.25, -0.2) is 0 Å². The van der Waals surface area contributed by atoms with E-state index in [4.69, 9.17) is 11.6 Å². The highest BCUT2D eigenvalue weighted by Crippen LogP contribution is 2.69. The number of hydrogen-bond donors (Lipinski definition) is 0. The van der Waals surface area contributed by atoms with Gasteiger partial charge in [-0.15, -0.1) is 11.6 Å². The topological polar surface area (TPSA) is 0 Å². The molecule has 0 heterocycles. The number of rotatable bonds is 1. The Balaban J connectivity index is 2.11. The molecule has 0 nitrogen and oxygen atoms in total. The number of hydrogen-bond acceptors (Lipinski definition) is 0. The zero-order valence-electron chi connectivity index (χ0n) is 6.08. The van der Waals surface area contributed by atoms with E-state index in [0.717, 1.165) is 5.92 Å². The van der Waals surface area contributed by atoms with Gasteiger partial charge < -0.3 is 0 Å². The number of alkyl halides is 1. The van der Waals surface area contributed by atoms with E-state index in [0.29, 0.717) is 5.41 Å². The molecular weight excluding hydrogens is 132 g/mol. The quantitative estimate of drug-likeness (QED) is 0.497. The van der Waals surface area contributed by atoms with E-state index in [1.165, 1.54) is 19.3 Å². The Kier molecular flexibility index (Phi) is 0.882. The first-order valence-electron chi connectivity index (χ1n) is 3.75. The van der Waals surface area contributed by atoms with E-state index in [-0.39, 0.29) is 4.87 Å². The van der Waals surface area contributed by atoms with Crippen LogP contribution in [0.15, 0.2) is 0 Å². The van der Waals surface area contributed by atoms with Crippen molar-refractivity contribution in [2.75, 3.05) is 0 Å². The van der Waals surface area contributed by atoms with E-state index >= 15 is 0 Å². The maximum atomic E-state index is 6.33. The Bertz CT molecular complexity index is 147. The summed E-state index contributed by atoms with van der Waals surface area (Å²) in [7, 11) is 0. The molecule has 2 aliphatic carbocycles. The van der Waals surface area contributed by atoms with Gasteiger partial charge in [0.25, 0.3) is 0 Å². The molecule has 0 aromatic carbocycles.